The number of carbonyl (C=O) groups is 4. The number of nitrogens with one attached hydrogen (secondary N) is 4. The number of hydrogen-bond acceptors (Lipinski definition) is 10. The van der Waals surface area contributed by atoms with E-state index in [0.717, 1.165) is 25.7 Å². The summed E-state index contributed by atoms with van der Waals surface area (Å²) >= 11 is 0. The number of amides is 4. The second kappa shape index (κ2) is 31.3. The maximum Gasteiger partial charge on any atom is 0.222 e. The average molecular weight is 660 g/mol. The Morgan fingerprint density at radius 3 is 1.24 bits per heavy atom. The number of rotatable bonds is 33. The molecule has 4 amide bonds. The molecule has 0 unspecified atom stereocenters. The molecule has 0 atom stereocenters. The molecule has 0 aromatic rings. The van der Waals surface area contributed by atoms with E-state index in [1.807, 2.05) is 0 Å². The van der Waals surface area contributed by atoms with Gasteiger partial charge in [-0.05, 0) is 45.3 Å². The van der Waals surface area contributed by atoms with Crippen molar-refractivity contribution < 1.29 is 33.4 Å². The molecule has 10 N–H and O–H groups in total. The molecule has 0 saturated carbocycles. The van der Waals surface area contributed by atoms with Crippen LogP contribution in [0.25, 0.3) is 0 Å². The minimum atomic E-state index is -1.10. The van der Waals surface area contributed by atoms with Gasteiger partial charge in [0.25, 0.3) is 0 Å². The number of unbranched alkanes of at least 4 members (excludes halogenated alkanes) is 6. The molecule has 0 fully saturated rings. The Morgan fingerprint density at radius 1 is 0.500 bits per heavy atom. The molecule has 0 radical (unpaired) electrons. The van der Waals surface area contributed by atoms with Crippen molar-refractivity contribution in [2.24, 2.45) is 17.2 Å². The van der Waals surface area contributed by atoms with Gasteiger partial charge in [-0.25, -0.2) is 0 Å². The van der Waals surface area contributed by atoms with Crippen LogP contribution in [0.4, 0.5) is 0 Å². The van der Waals surface area contributed by atoms with Gasteiger partial charge in [0.05, 0.1) is 39.6 Å². The lowest BCUT2D eigenvalue weighted by Gasteiger charge is -2.34. The molecule has 46 heavy (non-hydrogen) atoms. The van der Waals surface area contributed by atoms with Crippen LogP contribution < -0.4 is 38.5 Å². The average Bonchev–Trinajstić information content (AvgIpc) is 3.03. The first kappa shape index (κ1) is 43.6. The Hall–Kier alpha value is -2.36. The molecule has 0 aromatic carbocycles. The van der Waals surface area contributed by atoms with Crippen LogP contribution in [-0.4, -0.2) is 108 Å². The van der Waals surface area contributed by atoms with Gasteiger partial charge < -0.3 is 52.7 Å². The lowest BCUT2D eigenvalue weighted by molar-refractivity contribution is -0.130. The summed E-state index contributed by atoms with van der Waals surface area (Å²) in [4.78, 5) is 49.6. The van der Waals surface area contributed by atoms with Crippen molar-refractivity contribution in [3.05, 3.63) is 0 Å². The predicted octanol–water partition coefficient (Wildman–Crippen LogP) is 0.597. The quantitative estimate of drug-likeness (QED) is 0.0486. The topological polar surface area (TPSA) is 222 Å². The van der Waals surface area contributed by atoms with Gasteiger partial charge in [0.2, 0.25) is 23.6 Å². The number of nitrogens with two attached hydrogens (primary N) is 3. The van der Waals surface area contributed by atoms with Crippen LogP contribution in [0.1, 0.15) is 96.8 Å². The molecular weight excluding hydrogens is 594 g/mol. The van der Waals surface area contributed by atoms with Gasteiger partial charge in [-0.1, -0.05) is 45.4 Å². The van der Waals surface area contributed by atoms with Crippen molar-refractivity contribution in [2.45, 2.75) is 102 Å². The summed E-state index contributed by atoms with van der Waals surface area (Å²) < 4.78 is 17.7. The van der Waals surface area contributed by atoms with Crippen LogP contribution in [0, 0.1) is 0 Å². The fourth-order valence-electron chi connectivity index (χ4n) is 4.39. The van der Waals surface area contributed by atoms with E-state index in [2.05, 4.69) is 28.2 Å². The molecule has 14 nitrogen and oxygen atoms in total. The van der Waals surface area contributed by atoms with Gasteiger partial charge in [-0.3, -0.25) is 19.2 Å². The molecule has 0 aliphatic heterocycles. The number of ether oxygens (including phenoxy) is 3. The van der Waals surface area contributed by atoms with Gasteiger partial charge in [0.15, 0.2) is 0 Å². The molecular formula is C32H65N7O7. The molecule has 0 aliphatic carbocycles. The summed E-state index contributed by atoms with van der Waals surface area (Å²) in [5, 5.41) is 11.4. The summed E-state index contributed by atoms with van der Waals surface area (Å²) in [7, 11) is 0. The predicted molar refractivity (Wildman–Crippen MR) is 180 cm³/mol. The van der Waals surface area contributed by atoms with Crippen LogP contribution in [-0.2, 0) is 33.4 Å². The molecule has 0 aliphatic rings. The third kappa shape index (κ3) is 26.8. The summed E-state index contributed by atoms with van der Waals surface area (Å²) in [6.07, 6.45) is 10.4. The van der Waals surface area contributed by atoms with E-state index in [0.29, 0.717) is 65.0 Å². The Labute approximate surface area is 276 Å². The second-order valence-corrected chi connectivity index (χ2v) is 11.6. The monoisotopic (exact) mass is 659 g/mol. The Morgan fingerprint density at radius 2 is 0.870 bits per heavy atom. The third-order valence-corrected chi connectivity index (χ3v) is 7.08. The molecule has 270 valence electrons. The third-order valence-electron chi connectivity index (χ3n) is 7.08. The van der Waals surface area contributed by atoms with Crippen molar-refractivity contribution in [1.29, 1.82) is 0 Å². The first-order chi connectivity index (χ1) is 22.3. The zero-order valence-corrected chi connectivity index (χ0v) is 28.5. The first-order valence-corrected chi connectivity index (χ1v) is 17.3. The van der Waals surface area contributed by atoms with Gasteiger partial charge in [0, 0.05) is 45.3 Å². The smallest absolute Gasteiger partial charge is 0.222 e. The summed E-state index contributed by atoms with van der Waals surface area (Å²) in [5.74, 6) is -0.634. The standard InChI is InChI=1S/C32H65N7O7/c1-2-3-4-5-6-7-8-12-31(43)39-32(25-44-22-13-28(40)36-19-9-16-33,26-45-23-14-29(41)37-20-10-17-34)27-46-24-15-30(42)38-21-11-18-35/h2-27,33-35H2,1H3,(H,36,40)(H,37,41)(H,38,42)(H,39,43). The SMILES string of the molecule is CCCCCCCCCC(=O)NC(COCCC(=O)NCCCN)(COCCC(=O)NCCCN)COCCC(=O)NCCCN. The van der Waals surface area contributed by atoms with Gasteiger partial charge >= 0.3 is 0 Å². The lowest BCUT2D eigenvalue weighted by Crippen LogP contribution is -2.58. The van der Waals surface area contributed by atoms with Gasteiger partial charge in [-0.15, -0.1) is 0 Å². The van der Waals surface area contributed by atoms with Crippen molar-refractivity contribution in [1.82, 2.24) is 21.3 Å². The van der Waals surface area contributed by atoms with Crippen LogP contribution in [0.2, 0.25) is 0 Å². The molecule has 0 aromatic heterocycles. The van der Waals surface area contributed by atoms with E-state index >= 15 is 0 Å². The summed E-state index contributed by atoms with van der Waals surface area (Å²) in [6.45, 7) is 5.53. The van der Waals surface area contributed by atoms with Gasteiger partial charge in [0.1, 0.15) is 5.54 Å². The normalized spacial score (nSPS) is 11.3. The fourth-order valence-corrected chi connectivity index (χ4v) is 4.39. The summed E-state index contributed by atoms with van der Waals surface area (Å²) in [6, 6.07) is 0. The number of carbonyl (C=O) groups excluding carboxylic acids is 4. The zero-order valence-electron chi connectivity index (χ0n) is 28.5. The molecule has 0 spiro atoms. The fraction of sp³-hybridized carbons (Fsp3) is 0.875. The van der Waals surface area contributed by atoms with Crippen molar-refractivity contribution in [3.63, 3.8) is 0 Å². The van der Waals surface area contributed by atoms with E-state index in [1.165, 1.54) is 19.3 Å². The Balaban J connectivity index is 5.35. The molecule has 0 bridgehead atoms. The second-order valence-electron chi connectivity index (χ2n) is 11.6. The minimum absolute atomic E-state index is 0.0111. The van der Waals surface area contributed by atoms with Crippen LogP contribution in [0.3, 0.4) is 0 Å². The molecule has 0 heterocycles. The first-order valence-electron chi connectivity index (χ1n) is 17.3. The molecule has 14 heteroatoms. The van der Waals surface area contributed by atoms with Gasteiger partial charge in [-0.2, -0.15) is 0 Å². The summed E-state index contributed by atoms with van der Waals surface area (Å²) in [5.41, 5.74) is 15.4. The Kier molecular flexibility index (Phi) is 29.6. The highest BCUT2D eigenvalue weighted by atomic mass is 16.5. The maximum atomic E-state index is 13.2. The molecule has 0 rings (SSSR count). The highest BCUT2D eigenvalue weighted by molar-refractivity contribution is 5.77. The largest absolute Gasteiger partial charge is 0.378 e. The van der Waals surface area contributed by atoms with Crippen LogP contribution >= 0.6 is 0 Å². The minimum Gasteiger partial charge on any atom is -0.378 e. The van der Waals surface area contributed by atoms with Crippen LogP contribution in [0.15, 0.2) is 0 Å². The molecule has 0 saturated heterocycles. The lowest BCUT2D eigenvalue weighted by atomic mass is 10.0. The highest BCUT2D eigenvalue weighted by Gasteiger charge is 2.34. The zero-order chi connectivity index (χ0) is 34.1. The van der Waals surface area contributed by atoms with Crippen LogP contribution in [0.5, 0.6) is 0 Å². The van der Waals surface area contributed by atoms with E-state index < -0.39 is 5.54 Å². The van der Waals surface area contributed by atoms with Crippen molar-refractivity contribution in [2.75, 3.05) is 78.9 Å². The van der Waals surface area contributed by atoms with E-state index in [4.69, 9.17) is 31.4 Å². The van der Waals surface area contributed by atoms with Crippen molar-refractivity contribution in [3.8, 4) is 0 Å². The highest BCUT2D eigenvalue weighted by Crippen LogP contribution is 2.13. The van der Waals surface area contributed by atoms with E-state index in [9.17, 15) is 19.2 Å². The van der Waals surface area contributed by atoms with Crippen molar-refractivity contribution >= 4 is 23.6 Å². The van der Waals surface area contributed by atoms with E-state index in [1.54, 1.807) is 0 Å². The van der Waals surface area contributed by atoms with E-state index in [-0.39, 0.29) is 82.5 Å². The Bertz CT molecular complexity index is 716. The number of hydrogen-bond donors (Lipinski definition) is 7. The maximum absolute atomic E-state index is 13.2.